The molecule has 2 rings (SSSR count). The first-order valence-electron chi connectivity index (χ1n) is 5.20. The molecule has 20 heavy (non-hydrogen) atoms. The maximum atomic E-state index is 12.0. The Balaban J connectivity index is 2.30. The van der Waals surface area contributed by atoms with Crippen LogP contribution in [0.4, 0.5) is 5.69 Å². The molecule has 0 spiro atoms. The molecular weight excluding hydrogens is 323 g/mol. The van der Waals surface area contributed by atoms with Crippen LogP contribution in [-0.4, -0.2) is 15.9 Å². The van der Waals surface area contributed by atoms with E-state index in [-0.39, 0.29) is 16.0 Å². The van der Waals surface area contributed by atoms with Gasteiger partial charge in [0.2, 0.25) is 5.28 Å². The van der Waals surface area contributed by atoms with Crippen LogP contribution in [0.3, 0.4) is 0 Å². The van der Waals surface area contributed by atoms with E-state index in [0.29, 0.717) is 16.3 Å². The SMILES string of the molecule is N#Cc1ccc(Cl)c(NC(=O)c2cnc(Cl)nc2Cl)c1. The molecule has 1 amide bonds. The van der Waals surface area contributed by atoms with E-state index >= 15 is 0 Å². The Morgan fingerprint density at radius 2 is 2.05 bits per heavy atom. The highest BCUT2D eigenvalue weighted by Gasteiger charge is 2.14. The highest BCUT2D eigenvalue weighted by atomic mass is 35.5. The summed E-state index contributed by atoms with van der Waals surface area (Å²) < 4.78 is 0. The Morgan fingerprint density at radius 1 is 1.30 bits per heavy atom. The standard InChI is InChI=1S/C12H5Cl3N4O/c13-8-2-1-6(4-16)3-9(8)18-11(20)7-5-17-12(15)19-10(7)14/h1-3,5H,(H,18,20). The van der Waals surface area contributed by atoms with Crippen molar-refractivity contribution in [2.24, 2.45) is 0 Å². The molecule has 0 aliphatic heterocycles. The van der Waals surface area contributed by atoms with Crippen LogP contribution in [-0.2, 0) is 0 Å². The first-order chi connectivity index (χ1) is 9.51. The summed E-state index contributed by atoms with van der Waals surface area (Å²) in [6, 6.07) is 6.45. The van der Waals surface area contributed by atoms with Gasteiger partial charge in [-0.3, -0.25) is 4.79 Å². The van der Waals surface area contributed by atoms with Gasteiger partial charge in [-0.25, -0.2) is 9.97 Å². The van der Waals surface area contributed by atoms with Crippen LogP contribution in [0.15, 0.2) is 24.4 Å². The lowest BCUT2D eigenvalue weighted by Crippen LogP contribution is -2.14. The van der Waals surface area contributed by atoms with Crippen LogP contribution in [0.25, 0.3) is 0 Å². The third-order valence-corrected chi connectivity index (χ3v) is 3.10. The van der Waals surface area contributed by atoms with E-state index in [2.05, 4.69) is 15.3 Å². The van der Waals surface area contributed by atoms with Crippen LogP contribution >= 0.6 is 34.8 Å². The van der Waals surface area contributed by atoms with Gasteiger partial charge in [-0.1, -0.05) is 23.2 Å². The molecule has 5 nitrogen and oxygen atoms in total. The number of benzene rings is 1. The van der Waals surface area contributed by atoms with E-state index in [4.69, 9.17) is 40.1 Å². The van der Waals surface area contributed by atoms with E-state index in [1.165, 1.54) is 24.4 Å². The number of rotatable bonds is 2. The molecule has 0 bridgehead atoms. The van der Waals surface area contributed by atoms with E-state index in [9.17, 15) is 4.79 Å². The number of amides is 1. The van der Waals surface area contributed by atoms with Crippen LogP contribution in [0.5, 0.6) is 0 Å². The molecular formula is C12H5Cl3N4O. The molecule has 2 aromatic rings. The minimum absolute atomic E-state index is 0.0505. The normalized spacial score (nSPS) is 9.90. The second kappa shape index (κ2) is 6.06. The third-order valence-electron chi connectivity index (χ3n) is 2.30. The molecule has 0 saturated carbocycles. The predicted octanol–water partition coefficient (Wildman–Crippen LogP) is 3.56. The minimum Gasteiger partial charge on any atom is -0.320 e. The van der Waals surface area contributed by atoms with Gasteiger partial charge in [0.25, 0.3) is 5.91 Å². The number of halogens is 3. The monoisotopic (exact) mass is 326 g/mol. The topological polar surface area (TPSA) is 78.7 Å². The van der Waals surface area contributed by atoms with Gasteiger partial charge < -0.3 is 5.32 Å². The Kier molecular flexibility index (Phi) is 4.40. The van der Waals surface area contributed by atoms with Crippen molar-refractivity contribution in [1.82, 2.24) is 9.97 Å². The summed E-state index contributed by atoms with van der Waals surface area (Å²) >= 11 is 17.3. The third kappa shape index (κ3) is 3.17. The van der Waals surface area contributed by atoms with Crippen LogP contribution in [0.1, 0.15) is 15.9 Å². The van der Waals surface area contributed by atoms with Crippen LogP contribution in [0, 0.1) is 11.3 Å². The molecule has 1 aromatic carbocycles. The Labute approximate surface area is 129 Å². The number of anilines is 1. The number of hydrogen-bond donors (Lipinski definition) is 1. The average Bonchev–Trinajstić information content (AvgIpc) is 2.41. The average molecular weight is 328 g/mol. The summed E-state index contributed by atoms with van der Waals surface area (Å²) in [6.45, 7) is 0. The molecule has 1 N–H and O–H groups in total. The molecule has 0 aliphatic carbocycles. The van der Waals surface area contributed by atoms with E-state index in [1.807, 2.05) is 6.07 Å². The first kappa shape index (κ1) is 14.5. The van der Waals surface area contributed by atoms with Gasteiger partial charge >= 0.3 is 0 Å². The van der Waals surface area contributed by atoms with Crippen molar-refractivity contribution in [2.45, 2.75) is 0 Å². The number of hydrogen-bond acceptors (Lipinski definition) is 4. The fourth-order valence-electron chi connectivity index (χ4n) is 1.37. The maximum Gasteiger partial charge on any atom is 0.260 e. The molecule has 0 atom stereocenters. The van der Waals surface area contributed by atoms with Crippen molar-refractivity contribution < 1.29 is 4.79 Å². The molecule has 1 aromatic heterocycles. The Morgan fingerprint density at radius 3 is 2.70 bits per heavy atom. The second-order valence-electron chi connectivity index (χ2n) is 3.60. The molecule has 0 radical (unpaired) electrons. The second-order valence-corrected chi connectivity index (χ2v) is 4.71. The number of carbonyl (C=O) groups is 1. The van der Waals surface area contributed by atoms with Crippen molar-refractivity contribution in [1.29, 1.82) is 5.26 Å². The van der Waals surface area contributed by atoms with Crippen LogP contribution < -0.4 is 5.32 Å². The molecule has 8 heteroatoms. The lowest BCUT2D eigenvalue weighted by molar-refractivity contribution is 0.102. The zero-order chi connectivity index (χ0) is 14.7. The zero-order valence-electron chi connectivity index (χ0n) is 9.69. The summed E-state index contributed by atoms with van der Waals surface area (Å²) in [6.07, 6.45) is 1.20. The summed E-state index contributed by atoms with van der Waals surface area (Å²) in [4.78, 5) is 19.4. The first-order valence-corrected chi connectivity index (χ1v) is 6.33. The molecule has 0 unspecified atom stereocenters. The fraction of sp³-hybridized carbons (Fsp3) is 0. The Bertz CT molecular complexity index is 727. The van der Waals surface area contributed by atoms with Crippen molar-refractivity contribution in [3.8, 4) is 6.07 Å². The molecule has 100 valence electrons. The maximum absolute atomic E-state index is 12.0. The van der Waals surface area contributed by atoms with E-state index in [1.54, 1.807) is 0 Å². The van der Waals surface area contributed by atoms with Gasteiger partial charge in [-0.15, -0.1) is 0 Å². The van der Waals surface area contributed by atoms with Gasteiger partial charge in [0.05, 0.1) is 27.9 Å². The van der Waals surface area contributed by atoms with Crippen molar-refractivity contribution in [3.63, 3.8) is 0 Å². The van der Waals surface area contributed by atoms with E-state index in [0.717, 1.165) is 0 Å². The minimum atomic E-state index is -0.552. The number of aromatic nitrogens is 2. The quantitative estimate of drug-likeness (QED) is 0.675. The van der Waals surface area contributed by atoms with Crippen LogP contribution in [0.2, 0.25) is 15.5 Å². The fourth-order valence-corrected chi connectivity index (χ4v) is 1.93. The van der Waals surface area contributed by atoms with Crippen molar-refractivity contribution in [3.05, 3.63) is 51.0 Å². The lowest BCUT2D eigenvalue weighted by Gasteiger charge is -2.08. The highest BCUT2D eigenvalue weighted by molar-refractivity contribution is 6.36. The van der Waals surface area contributed by atoms with Gasteiger partial charge in [-0.2, -0.15) is 5.26 Å². The Hall–Kier alpha value is -1.87. The molecule has 0 fully saturated rings. The zero-order valence-corrected chi connectivity index (χ0v) is 12.0. The van der Waals surface area contributed by atoms with Crippen molar-refractivity contribution >= 4 is 46.4 Å². The number of carbonyl (C=O) groups excluding carboxylic acids is 1. The number of nitrogens with zero attached hydrogens (tertiary/aromatic N) is 3. The molecule has 0 saturated heterocycles. The van der Waals surface area contributed by atoms with Gasteiger partial charge in [0, 0.05) is 6.20 Å². The number of nitriles is 1. The summed E-state index contributed by atoms with van der Waals surface area (Å²) in [7, 11) is 0. The summed E-state index contributed by atoms with van der Waals surface area (Å²) in [5.41, 5.74) is 0.708. The van der Waals surface area contributed by atoms with Crippen molar-refractivity contribution in [2.75, 3.05) is 5.32 Å². The largest absolute Gasteiger partial charge is 0.320 e. The summed E-state index contributed by atoms with van der Waals surface area (Å²) in [5, 5.41) is 11.5. The molecule has 1 heterocycles. The summed E-state index contributed by atoms with van der Waals surface area (Å²) in [5.74, 6) is -0.552. The van der Waals surface area contributed by atoms with Gasteiger partial charge in [0.1, 0.15) is 5.15 Å². The smallest absolute Gasteiger partial charge is 0.260 e. The van der Waals surface area contributed by atoms with Gasteiger partial charge in [0.15, 0.2) is 0 Å². The lowest BCUT2D eigenvalue weighted by atomic mass is 10.2. The predicted molar refractivity (Wildman–Crippen MR) is 76.2 cm³/mol. The van der Waals surface area contributed by atoms with Gasteiger partial charge in [-0.05, 0) is 29.8 Å². The van der Waals surface area contributed by atoms with E-state index < -0.39 is 5.91 Å². The molecule has 0 aliphatic rings. The number of nitrogens with one attached hydrogen (secondary N) is 1. The highest BCUT2D eigenvalue weighted by Crippen LogP contribution is 2.24.